The van der Waals surface area contributed by atoms with Gasteiger partial charge in [0.1, 0.15) is 5.50 Å². The molecule has 24 heavy (non-hydrogen) atoms. The molecule has 1 aromatic carbocycles. The number of hydrogen-bond donors (Lipinski definition) is 3. The smallest absolute Gasteiger partial charge is 0.275 e. The molecule has 0 amide bonds. The number of hydrogen-bond acceptors (Lipinski definition) is 7. The number of thioether (sulfide) groups is 1. The minimum atomic E-state index is -3.59. The number of sulfonamides is 1. The molecule has 3 N–H and O–H groups in total. The molecule has 0 radical (unpaired) electrons. The second-order valence-electron chi connectivity index (χ2n) is 4.90. The van der Waals surface area contributed by atoms with Crippen LogP contribution in [0.5, 0.6) is 0 Å². The lowest BCUT2D eigenvalue weighted by Crippen LogP contribution is -2.39. The van der Waals surface area contributed by atoms with Crippen LogP contribution in [0.4, 0.5) is 11.4 Å². The normalized spacial score (nSPS) is 18.2. The van der Waals surface area contributed by atoms with Crippen LogP contribution >= 0.6 is 11.8 Å². The lowest BCUT2D eigenvalue weighted by atomic mass is 10.3. The van der Waals surface area contributed by atoms with Crippen molar-refractivity contribution in [3.8, 4) is 0 Å². The molecule has 1 fully saturated rings. The summed E-state index contributed by atoms with van der Waals surface area (Å²) in [5.74, 6) is 0.866. The molecule has 0 saturated carbocycles. The highest BCUT2D eigenvalue weighted by Crippen LogP contribution is 2.20. The van der Waals surface area contributed by atoms with Gasteiger partial charge < -0.3 is 4.98 Å². The highest BCUT2D eigenvalue weighted by Gasteiger charge is 2.22. The van der Waals surface area contributed by atoms with Gasteiger partial charge in [-0.05, 0) is 36.4 Å². The molecule has 1 aliphatic heterocycles. The van der Waals surface area contributed by atoms with E-state index in [0.29, 0.717) is 5.69 Å². The maximum atomic E-state index is 12.3. The molecule has 0 unspecified atom stereocenters. The highest BCUT2D eigenvalue weighted by atomic mass is 32.2. The van der Waals surface area contributed by atoms with Gasteiger partial charge in [0.2, 0.25) is 10.0 Å². The van der Waals surface area contributed by atoms with Crippen molar-refractivity contribution in [1.29, 1.82) is 0 Å². The first kappa shape index (κ1) is 16.8. The van der Waals surface area contributed by atoms with Gasteiger partial charge in [-0.15, -0.1) is 16.9 Å². The van der Waals surface area contributed by atoms with Crippen LogP contribution in [0.25, 0.3) is 0 Å². The fourth-order valence-electron chi connectivity index (χ4n) is 2.01. The lowest BCUT2D eigenvalue weighted by Gasteiger charge is -2.12. The van der Waals surface area contributed by atoms with E-state index in [2.05, 4.69) is 25.3 Å². The van der Waals surface area contributed by atoms with E-state index in [0.717, 1.165) is 12.3 Å². The van der Waals surface area contributed by atoms with Crippen molar-refractivity contribution < 1.29 is 8.42 Å². The van der Waals surface area contributed by atoms with E-state index < -0.39 is 10.0 Å². The summed E-state index contributed by atoms with van der Waals surface area (Å²) in [6.45, 7) is 0.774. The first-order valence-corrected chi connectivity index (χ1v) is 9.65. The summed E-state index contributed by atoms with van der Waals surface area (Å²) in [7, 11) is -3.59. The van der Waals surface area contributed by atoms with Crippen LogP contribution in [0, 0.1) is 0 Å². The van der Waals surface area contributed by atoms with Crippen molar-refractivity contribution in [2.75, 3.05) is 12.3 Å². The number of azo groups is 1. The van der Waals surface area contributed by atoms with E-state index in [1.54, 1.807) is 6.07 Å². The summed E-state index contributed by atoms with van der Waals surface area (Å²) in [4.78, 5) is 14.1. The van der Waals surface area contributed by atoms with Crippen LogP contribution in [0.1, 0.15) is 0 Å². The predicted molar refractivity (Wildman–Crippen MR) is 92.3 cm³/mol. The molecule has 8 nitrogen and oxygen atoms in total. The van der Waals surface area contributed by atoms with Crippen molar-refractivity contribution in [3.05, 3.63) is 52.9 Å². The molecule has 2 heterocycles. The second-order valence-corrected chi connectivity index (χ2v) is 7.83. The topological polar surface area (TPSA) is 116 Å². The zero-order valence-electron chi connectivity index (χ0n) is 12.5. The SMILES string of the molecule is O=c1[nH]cccc1N=Nc1ccc(S(=O)(=O)N[C@@H]2NCCS2)cc1. The average Bonchev–Trinajstić information content (AvgIpc) is 3.07. The van der Waals surface area contributed by atoms with Gasteiger partial charge in [0.05, 0.1) is 10.6 Å². The van der Waals surface area contributed by atoms with Crippen LogP contribution in [0.3, 0.4) is 0 Å². The Labute approximate surface area is 142 Å². The highest BCUT2D eigenvalue weighted by molar-refractivity contribution is 8.01. The number of H-pyrrole nitrogens is 1. The summed E-state index contributed by atoms with van der Waals surface area (Å²) < 4.78 is 27.1. The molecule has 0 aliphatic carbocycles. The number of nitrogens with one attached hydrogen (secondary N) is 3. The van der Waals surface area contributed by atoms with Gasteiger partial charge in [0.25, 0.3) is 5.56 Å². The molecule has 0 spiro atoms. The Hall–Kier alpha value is -2.01. The number of aromatic amines is 1. The third-order valence-corrected chi connectivity index (χ3v) is 5.84. The Morgan fingerprint density at radius 1 is 1.17 bits per heavy atom. The van der Waals surface area contributed by atoms with Crippen LogP contribution in [-0.4, -0.2) is 31.2 Å². The van der Waals surface area contributed by atoms with Crippen LogP contribution in [0.15, 0.2) is 62.5 Å². The summed E-state index contributed by atoms with van der Waals surface area (Å²) in [5, 5.41) is 10.8. The number of pyridine rings is 1. The number of benzene rings is 1. The molecular formula is C14H15N5O3S2. The molecule has 126 valence electrons. The van der Waals surface area contributed by atoms with Crippen LogP contribution in [0.2, 0.25) is 0 Å². The number of rotatable bonds is 5. The Bertz CT molecular complexity index is 887. The zero-order valence-corrected chi connectivity index (χ0v) is 14.1. The standard InChI is InChI=1S/C14H15N5O3S2/c20-13-12(2-1-7-15-13)18-17-10-3-5-11(6-4-10)24(21,22)19-14-16-8-9-23-14/h1-7,14,16,19H,8-9H2,(H,15,20)/t14-/m0/s1. The fourth-order valence-corrected chi connectivity index (χ4v) is 4.36. The predicted octanol–water partition coefficient (Wildman–Crippen LogP) is 1.69. The van der Waals surface area contributed by atoms with Crippen LogP contribution in [-0.2, 0) is 10.0 Å². The fraction of sp³-hybridized carbons (Fsp3) is 0.214. The van der Waals surface area contributed by atoms with Crippen molar-refractivity contribution >= 4 is 33.2 Å². The lowest BCUT2D eigenvalue weighted by molar-refractivity contribution is 0.568. The maximum Gasteiger partial charge on any atom is 0.275 e. The minimum Gasteiger partial charge on any atom is -0.327 e. The monoisotopic (exact) mass is 365 g/mol. The maximum absolute atomic E-state index is 12.3. The van der Waals surface area contributed by atoms with Gasteiger partial charge in [0, 0.05) is 18.5 Å². The first-order valence-electron chi connectivity index (χ1n) is 7.11. The zero-order chi connectivity index (χ0) is 17.0. The quantitative estimate of drug-likeness (QED) is 0.697. The second kappa shape index (κ2) is 7.26. The van der Waals surface area contributed by atoms with Gasteiger partial charge in [0.15, 0.2) is 5.69 Å². The average molecular weight is 365 g/mol. The molecule has 0 bridgehead atoms. The van der Waals surface area contributed by atoms with Gasteiger partial charge in [-0.25, -0.2) is 8.42 Å². The van der Waals surface area contributed by atoms with E-state index >= 15 is 0 Å². The first-order chi connectivity index (χ1) is 11.5. The summed E-state index contributed by atoms with van der Waals surface area (Å²) in [6.07, 6.45) is 1.51. The molecule has 1 aliphatic rings. The molecule has 1 saturated heterocycles. The minimum absolute atomic E-state index is 0.147. The third kappa shape index (κ3) is 4.09. The van der Waals surface area contributed by atoms with E-state index in [1.807, 2.05) is 0 Å². The molecule has 1 atom stereocenters. The van der Waals surface area contributed by atoms with E-state index in [9.17, 15) is 13.2 Å². The Balaban J connectivity index is 1.73. The summed E-state index contributed by atoms with van der Waals surface area (Å²) in [5.41, 5.74) is -0.0175. The van der Waals surface area contributed by atoms with E-state index in [4.69, 9.17) is 0 Å². The van der Waals surface area contributed by atoms with Crippen molar-refractivity contribution in [1.82, 2.24) is 15.0 Å². The van der Waals surface area contributed by atoms with Gasteiger partial charge in [-0.1, -0.05) is 0 Å². The van der Waals surface area contributed by atoms with Gasteiger partial charge in [-0.2, -0.15) is 9.84 Å². The molecule has 1 aromatic heterocycles. The Morgan fingerprint density at radius 3 is 2.62 bits per heavy atom. The van der Waals surface area contributed by atoms with E-state index in [1.165, 1.54) is 48.3 Å². The molecule has 2 aromatic rings. The Kier molecular flexibility index (Phi) is 5.09. The number of nitrogens with zero attached hydrogens (tertiary/aromatic N) is 2. The Morgan fingerprint density at radius 2 is 1.96 bits per heavy atom. The molecule has 10 heteroatoms. The largest absolute Gasteiger partial charge is 0.327 e. The van der Waals surface area contributed by atoms with Crippen molar-refractivity contribution in [3.63, 3.8) is 0 Å². The van der Waals surface area contributed by atoms with E-state index in [-0.39, 0.29) is 21.6 Å². The number of aromatic nitrogens is 1. The van der Waals surface area contributed by atoms with Gasteiger partial charge >= 0.3 is 0 Å². The van der Waals surface area contributed by atoms with Crippen molar-refractivity contribution in [2.24, 2.45) is 10.2 Å². The van der Waals surface area contributed by atoms with Crippen molar-refractivity contribution in [2.45, 2.75) is 10.4 Å². The molecule has 3 rings (SSSR count). The molecular weight excluding hydrogens is 350 g/mol. The van der Waals surface area contributed by atoms with Gasteiger partial charge in [-0.3, -0.25) is 10.1 Å². The summed E-state index contributed by atoms with van der Waals surface area (Å²) >= 11 is 1.51. The van der Waals surface area contributed by atoms with Crippen LogP contribution < -0.4 is 15.6 Å². The summed E-state index contributed by atoms with van der Waals surface area (Å²) in [6, 6.07) is 9.15. The third-order valence-electron chi connectivity index (χ3n) is 3.20.